The molecule has 0 amide bonds. The van der Waals surface area contributed by atoms with Crippen LogP contribution in [-0.2, 0) is 0 Å². The molecule has 0 atom stereocenters. The lowest BCUT2D eigenvalue weighted by atomic mass is 10.3. The maximum atomic E-state index is 9.06. The Kier molecular flexibility index (Phi) is 5.33. The van der Waals surface area contributed by atoms with E-state index in [1.807, 2.05) is 91.1 Å². The summed E-state index contributed by atoms with van der Waals surface area (Å²) in [4.78, 5) is 10.1. The number of nitrogens with zero attached hydrogens (tertiary/aromatic N) is 4. The van der Waals surface area contributed by atoms with Crippen LogP contribution in [0, 0.1) is 0 Å². The van der Waals surface area contributed by atoms with Gasteiger partial charge in [-0.15, -0.1) is 0 Å². The van der Waals surface area contributed by atoms with Crippen LogP contribution >= 0.6 is 0 Å². The lowest BCUT2D eigenvalue weighted by Gasteiger charge is -2.40. The van der Waals surface area contributed by atoms with E-state index < -0.39 is 29.1 Å². The summed E-state index contributed by atoms with van der Waals surface area (Å²) < 4.78 is 65.5. The van der Waals surface area contributed by atoms with Crippen LogP contribution in [0.5, 0.6) is 11.5 Å². The van der Waals surface area contributed by atoms with Crippen LogP contribution in [-0.4, -0.2) is 35.1 Å². The average molecular weight is 697 g/mol. The van der Waals surface area contributed by atoms with Gasteiger partial charge in [-0.3, -0.25) is 8.97 Å². The fraction of sp³-hybridized carbons (Fsp3) is 0.0455. The van der Waals surface area contributed by atoms with Crippen molar-refractivity contribution in [1.82, 2.24) is 18.9 Å². The number of pyridine rings is 1. The lowest BCUT2D eigenvalue weighted by Crippen LogP contribution is -2.75. The second-order valence-electron chi connectivity index (χ2n) is 13.0. The molecular formula is C44H34N4OSi2. The van der Waals surface area contributed by atoms with Crippen LogP contribution in [0.15, 0.2) is 170 Å². The Morgan fingerprint density at radius 1 is 0.608 bits per heavy atom. The summed E-state index contributed by atoms with van der Waals surface area (Å²) in [5, 5.41) is 4.22. The molecule has 6 aromatic carbocycles. The number of hydrogen-bond acceptors (Lipinski definition) is 3. The second-order valence-corrected chi connectivity index (χ2v) is 19.3. The molecule has 9 aromatic rings. The third-order valence-corrected chi connectivity index (χ3v) is 17.5. The minimum absolute atomic E-state index is 0.249. The van der Waals surface area contributed by atoms with Gasteiger partial charge in [-0.05, 0) is 73.6 Å². The van der Waals surface area contributed by atoms with Crippen molar-refractivity contribution in [2.75, 3.05) is 0 Å². The molecule has 0 saturated carbocycles. The molecular weight excluding hydrogens is 657 g/mol. The number of benzene rings is 6. The molecule has 0 radical (unpaired) electrons. The zero-order valence-corrected chi connectivity index (χ0v) is 29.4. The Morgan fingerprint density at radius 2 is 1.25 bits per heavy atom. The standard InChI is InChI=1S/C44H34N4OSi2/c1-50(2)39-25-14-13-24-38(39)49-43-40(50)26-15-27-41(43)51(31-16-5-3-6-17-31,32-18-7-4-8-19-32)33-28-29-45-42(30-33)48-37-23-12-11-22-36(37)47-35-21-10-9-20-34(35)46-44(47)48/h3-30H,1-2H3/i1D3,2D3. The molecule has 0 aliphatic carbocycles. The fourth-order valence-corrected chi connectivity index (χ4v) is 15.0. The Hall–Kier alpha value is -6.03. The van der Waals surface area contributed by atoms with E-state index in [4.69, 9.17) is 22.9 Å². The van der Waals surface area contributed by atoms with E-state index in [0.29, 0.717) is 11.6 Å². The summed E-state index contributed by atoms with van der Waals surface area (Å²) in [6.07, 6.45) is 1.82. The average Bonchev–Trinajstić information content (AvgIpc) is 3.75. The minimum Gasteiger partial charge on any atom is -0.458 e. The van der Waals surface area contributed by atoms with Gasteiger partial charge < -0.3 is 4.74 Å². The predicted molar refractivity (Wildman–Crippen MR) is 214 cm³/mol. The van der Waals surface area contributed by atoms with Gasteiger partial charge in [-0.25, -0.2) is 9.97 Å². The van der Waals surface area contributed by atoms with Crippen molar-refractivity contribution >= 4 is 75.1 Å². The van der Waals surface area contributed by atoms with Gasteiger partial charge in [-0.2, -0.15) is 0 Å². The van der Waals surface area contributed by atoms with Gasteiger partial charge in [0.25, 0.3) is 0 Å². The van der Waals surface area contributed by atoms with E-state index in [0.717, 1.165) is 48.6 Å². The van der Waals surface area contributed by atoms with Gasteiger partial charge in [0.2, 0.25) is 5.78 Å². The van der Waals surface area contributed by atoms with Crippen LogP contribution < -0.4 is 35.9 Å². The highest BCUT2D eigenvalue weighted by molar-refractivity contribution is 7.20. The Bertz CT molecular complexity index is 2950. The molecule has 7 heteroatoms. The van der Waals surface area contributed by atoms with Crippen molar-refractivity contribution in [1.29, 1.82) is 0 Å². The zero-order chi connectivity index (χ0) is 39.2. The first-order valence-electron chi connectivity index (χ1n) is 19.9. The van der Waals surface area contributed by atoms with Crippen LogP contribution in [0.4, 0.5) is 0 Å². The molecule has 0 N–H and O–H groups in total. The molecule has 0 unspecified atom stereocenters. The molecule has 5 nitrogen and oxygen atoms in total. The van der Waals surface area contributed by atoms with E-state index in [1.165, 1.54) is 0 Å². The van der Waals surface area contributed by atoms with Crippen LogP contribution in [0.25, 0.3) is 33.7 Å². The van der Waals surface area contributed by atoms with Crippen molar-refractivity contribution in [3.05, 3.63) is 170 Å². The maximum Gasteiger partial charge on any atom is 0.221 e. The van der Waals surface area contributed by atoms with Crippen molar-refractivity contribution in [3.63, 3.8) is 0 Å². The minimum atomic E-state index is -4.60. The first-order chi connectivity index (χ1) is 27.6. The van der Waals surface area contributed by atoms with Crippen molar-refractivity contribution in [2.24, 2.45) is 0 Å². The van der Waals surface area contributed by atoms with Crippen molar-refractivity contribution in [3.8, 4) is 17.3 Å². The summed E-state index contributed by atoms with van der Waals surface area (Å²) >= 11 is 0. The number of fused-ring (bicyclic) bond motifs is 7. The van der Waals surface area contributed by atoms with Crippen LogP contribution in [0.3, 0.4) is 0 Å². The normalized spacial score (nSPS) is 15.8. The second kappa shape index (κ2) is 11.2. The molecule has 51 heavy (non-hydrogen) atoms. The van der Waals surface area contributed by atoms with Crippen molar-refractivity contribution in [2.45, 2.75) is 13.0 Å². The van der Waals surface area contributed by atoms with E-state index in [-0.39, 0.29) is 16.1 Å². The topological polar surface area (TPSA) is 44.4 Å². The highest BCUT2D eigenvalue weighted by Gasteiger charge is 2.47. The predicted octanol–water partition coefficient (Wildman–Crippen LogP) is 6.13. The van der Waals surface area contributed by atoms with Gasteiger partial charge in [0.1, 0.15) is 25.4 Å². The number of imidazole rings is 2. The first-order valence-corrected chi connectivity index (χ1v) is 20.9. The van der Waals surface area contributed by atoms with E-state index >= 15 is 0 Å². The molecule has 0 spiro atoms. The molecule has 1 aliphatic heterocycles. The van der Waals surface area contributed by atoms with Gasteiger partial charge in [0, 0.05) is 14.4 Å². The molecule has 0 fully saturated rings. The van der Waals surface area contributed by atoms with Crippen molar-refractivity contribution < 1.29 is 13.0 Å². The summed E-state index contributed by atoms with van der Waals surface area (Å²) in [6.45, 7) is -5.68. The number of rotatable bonds is 5. The molecule has 244 valence electrons. The quantitative estimate of drug-likeness (QED) is 0.161. The number of hydrogen-bond donors (Lipinski definition) is 0. The van der Waals surface area contributed by atoms with Crippen LogP contribution in [0.2, 0.25) is 13.0 Å². The molecule has 1 aliphatic rings. The Balaban J connectivity index is 1.34. The third kappa shape index (κ3) is 4.25. The maximum absolute atomic E-state index is 9.06. The molecule has 10 rings (SSSR count). The largest absolute Gasteiger partial charge is 0.458 e. The Labute approximate surface area is 306 Å². The van der Waals surface area contributed by atoms with Gasteiger partial charge in [0.15, 0.2) is 8.07 Å². The summed E-state index contributed by atoms with van der Waals surface area (Å²) in [5.41, 5.74) is 3.78. The van der Waals surface area contributed by atoms with E-state index in [2.05, 4.69) is 57.5 Å². The summed E-state index contributed by atoms with van der Waals surface area (Å²) in [5.74, 6) is 1.95. The smallest absolute Gasteiger partial charge is 0.221 e. The van der Waals surface area contributed by atoms with Gasteiger partial charge in [0.05, 0.1) is 22.1 Å². The van der Waals surface area contributed by atoms with Gasteiger partial charge in [-0.1, -0.05) is 134 Å². The monoisotopic (exact) mass is 696 g/mol. The van der Waals surface area contributed by atoms with Gasteiger partial charge >= 0.3 is 0 Å². The number of ether oxygens (including phenoxy) is 1. The third-order valence-electron chi connectivity index (χ3n) is 10.3. The SMILES string of the molecule is [2H]C([2H])([2H])[Si]1(C([2H])([2H])[2H])c2ccccc2Oc2c([Si](c3ccccc3)(c3ccccc3)c3ccnc(-n4c5ccccc5n5c6ccccc6nc45)c3)cccc21. The lowest BCUT2D eigenvalue weighted by molar-refractivity contribution is 0.490. The summed E-state index contributed by atoms with van der Waals surface area (Å²) in [6, 6.07) is 53.1. The molecule has 4 heterocycles. The highest BCUT2D eigenvalue weighted by Crippen LogP contribution is 2.31. The fourth-order valence-electron chi connectivity index (χ4n) is 8.05. The molecule has 0 saturated heterocycles. The van der Waals surface area contributed by atoms with E-state index in [1.54, 1.807) is 30.3 Å². The van der Waals surface area contributed by atoms with E-state index in [9.17, 15) is 0 Å². The number of para-hydroxylation sites is 6. The highest BCUT2D eigenvalue weighted by atomic mass is 28.3. The zero-order valence-electron chi connectivity index (χ0n) is 33.4. The summed E-state index contributed by atoms with van der Waals surface area (Å²) in [7, 11) is -8.15. The van der Waals surface area contributed by atoms with Crippen LogP contribution in [0.1, 0.15) is 8.22 Å². The first kappa shape index (κ1) is 24.2. The molecule has 0 bridgehead atoms. The Morgan fingerprint density at radius 3 is 2.02 bits per heavy atom. The number of aromatic nitrogens is 4. The molecule has 3 aromatic heterocycles.